The van der Waals surface area contributed by atoms with E-state index in [-0.39, 0.29) is 67.9 Å². The fourth-order valence-electron chi connectivity index (χ4n) is 2.99. The van der Waals surface area contributed by atoms with Crippen LogP contribution in [0.1, 0.15) is 39.0 Å². The van der Waals surface area contributed by atoms with Gasteiger partial charge in [0.1, 0.15) is 0 Å². The molecule has 0 aliphatic carbocycles. The number of carbonyl (C=O) groups excluding carboxylic acids is 3. The quantitative estimate of drug-likeness (QED) is 0.658. The van der Waals surface area contributed by atoms with Crippen LogP contribution in [-0.4, -0.2) is 50.3 Å². The second-order valence-electron chi connectivity index (χ2n) is 6.79. The van der Waals surface area contributed by atoms with E-state index in [0.29, 0.717) is 10.6 Å². The highest BCUT2D eigenvalue weighted by molar-refractivity contribution is 6.33. The molecule has 1 fully saturated rings. The molecule has 1 aliphatic heterocycles. The average molecular weight is 405 g/mol. The Morgan fingerprint density at radius 3 is 2.54 bits per heavy atom. The standard InChI is InChI=1S/C19H21ClN4O4/c1-12(2)24(18(27)9-10-23-16(25)7-8-17(23)26)11-15-21-22-19(28-15)13-5-3-4-6-14(13)20/h3-6,12H,7-11H2,1-2H3. The highest BCUT2D eigenvalue weighted by Crippen LogP contribution is 2.26. The molecule has 148 valence electrons. The second kappa shape index (κ2) is 8.52. The molecule has 1 saturated heterocycles. The van der Waals surface area contributed by atoms with Crippen LogP contribution in [0.3, 0.4) is 0 Å². The molecule has 2 aromatic rings. The highest BCUT2D eigenvalue weighted by Gasteiger charge is 2.30. The Labute approximate surface area is 167 Å². The van der Waals surface area contributed by atoms with Crippen molar-refractivity contribution in [2.75, 3.05) is 6.54 Å². The lowest BCUT2D eigenvalue weighted by Gasteiger charge is -2.26. The Morgan fingerprint density at radius 1 is 1.21 bits per heavy atom. The summed E-state index contributed by atoms with van der Waals surface area (Å²) in [5, 5.41) is 8.52. The Kier molecular flexibility index (Phi) is 6.08. The van der Waals surface area contributed by atoms with Crippen LogP contribution >= 0.6 is 11.6 Å². The van der Waals surface area contributed by atoms with E-state index < -0.39 is 0 Å². The molecule has 0 radical (unpaired) electrons. The van der Waals surface area contributed by atoms with Crippen LogP contribution in [0.2, 0.25) is 5.02 Å². The maximum Gasteiger partial charge on any atom is 0.249 e. The summed E-state index contributed by atoms with van der Waals surface area (Å²) in [5.41, 5.74) is 0.622. The number of carbonyl (C=O) groups is 3. The number of rotatable bonds is 7. The predicted octanol–water partition coefficient (Wildman–Crippen LogP) is 2.67. The van der Waals surface area contributed by atoms with Gasteiger partial charge in [-0.3, -0.25) is 19.3 Å². The Hall–Kier alpha value is -2.74. The third-order valence-corrected chi connectivity index (χ3v) is 4.85. The lowest BCUT2D eigenvalue weighted by molar-refractivity contribution is -0.140. The van der Waals surface area contributed by atoms with Crippen molar-refractivity contribution in [1.29, 1.82) is 0 Å². The van der Waals surface area contributed by atoms with E-state index in [1.165, 1.54) is 0 Å². The van der Waals surface area contributed by atoms with E-state index in [0.717, 1.165) is 4.90 Å². The number of benzene rings is 1. The SMILES string of the molecule is CC(C)N(Cc1nnc(-c2ccccc2Cl)o1)C(=O)CCN1C(=O)CCC1=O. The Bertz CT molecular complexity index is 880. The molecule has 1 aromatic carbocycles. The normalized spacial score (nSPS) is 14.2. The minimum absolute atomic E-state index is 0.0567. The Morgan fingerprint density at radius 2 is 1.89 bits per heavy atom. The van der Waals surface area contributed by atoms with Crippen molar-refractivity contribution < 1.29 is 18.8 Å². The van der Waals surface area contributed by atoms with Gasteiger partial charge in [-0.05, 0) is 26.0 Å². The molecule has 28 heavy (non-hydrogen) atoms. The van der Waals surface area contributed by atoms with Crippen molar-refractivity contribution >= 4 is 29.3 Å². The van der Waals surface area contributed by atoms with Crippen LogP contribution < -0.4 is 0 Å². The summed E-state index contributed by atoms with van der Waals surface area (Å²) in [4.78, 5) is 38.8. The number of hydrogen-bond donors (Lipinski definition) is 0. The molecule has 2 heterocycles. The molecule has 3 rings (SSSR count). The van der Waals surface area contributed by atoms with Crippen molar-refractivity contribution in [3.63, 3.8) is 0 Å². The molecule has 1 aromatic heterocycles. The van der Waals surface area contributed by atoms with Gasteiger partial charge in [0.15, 0.2) is 0 Å². The molecule has 8 nitrogen and oxygen atoms in total. The number of aromatic nitrogens is 2. The summed E-state index contributed by atoms with van der Waals surface area (Å²) < 4.78 is 5.67. The van der Waals surface area contributed by atoms with Crippen LogP contribution in [0, 0.1) is 0 Å². The number of nitrogens with zero attached hydrogens (tertiary/aromatic N) is 4. The molecule has 0 bridgehead atoms. The van der Waals surface area contributed by atoms with E-state index >= 15 is 0 Å². The van der Waals surface area contributed by atoms with Gasteiger partial charge in [0.25, 0.3) is 0 Å². The third-order valence-electron chi connectivity index (χ3n) is 4.52. The summed E-state index contributed by atoms with van der Waals surface area (Å²) >= 11 is 6.15. The number of imide groups is 1. The van der Waals surface area contributed by atoms with Crippen molar-refractivity contribution in [3.8, 4) is 11.5 Å². The van der Waals surface area contributed by atoms with Crippen LogP contribution in [-0.2, 0) is 20.9 Å². The van der Waals surface area contributed by atoms with E-state index in [2.05, 4.69) is 10.2 Å². The topological polar surface area (TPSA) is 96.6 Å². The zero-order valence-corrected chi connectivity index (χ0v) is 16.5. The maximum absolute atomic E-state index is 12.7. The fraction of sp³-hybridized carbons (Fsp3) is 0.421. The van der Waals surface area contributed by atoms with Gasteiger partial charge in [-0.25, -0.2) is 0 Å². The van der Waals surface area contributed by atoms with Crippen LogP contribution in [0.15, 0.2) is 28.7 Å². The van der Waals surface area contributed by atoms with E-state index in [1.54, 1.807) is 23.1 Å². The average Bonchev–Trinajstić information content (AvgIpc) is 3.25. The summed E-state index contributed by atoms with van der Waals surface area (Å²) in [7, 11) is 0. The fourth-order valence-corrected chi connectivity index (χ4v) is 3.21. The molecule has 0 spiro atoms. The van der Waals surface area contributed by atoms with Crippen LogP contribution in [0.5, 0.6) is 0 Å². The third kappa shape index (κ3) is 4.39. The summed E-state index contributed by atoms with van der Waals surface area (Å²) in [6, 6.07) is 7.00. The zero-order valence-electron chi connectivity index (χ0n) is 15.7. The van der Waals surface area contributed by atoms with Gasteiger partial charge >= 0.3 is 0 Å². The summed E-state index contributed by atoms with van der Waals surface area (Å²) in [6.45, 7) is 3.97. The van der Waals surface area contributed by atoms with Crippen molar-refractivity contribution in [2.45, 2.75) is 45.7 Å². The smallest absolute Gasteiger partial charge is 0.249 e. The van der Waals surface area contributed by atoms with Crippen molar-refractivity contribution in [1.82, 2.24) is 20.0 Å². The lowest BCUT2D eigenvalue weighted by atomic mass is 10.2. The minimum atomic E-state index is -0.227. The minimum Gasteiger partial charge on any atom is -0.419 e. The van der Waals surface area contributed by atoms with Gasteiger partial charge in [-0.15, -0.1) is 10.2 Å². The summed E-state index contributed by atoms with van der Waals surface area (Å²) in [6.07, 6.45) is 0.489. The molecule has 1 aliphatic rings. The predicted molar refractivity (Wildman–Crippen MR) is 101 cm³/mol. The molecule has 0 N–H and O–H groups in total. The summed E-state index contributed by atoms with van der Waals surface area (Å²) in [5.74, 6) is -0.0827. The van der Waals surface area contributed by atoms with Gasteiger partial charge in [-0.2, -0.15) is 0 Å². The first-order valence-corrected chi connectivity index (χ1v) is 9.44. The van der Waals surface area contributed by atoms with Gasteiger partial charge in [0.05, 0.1) is 17.1 Å². The molecular weight excluding hydrogens is 384 g/mol. The van der Waals surface area contributed by atoms with Gasteiger partial charge < -0.3 is 9.32 Å². The molecule has 9 heteroatoms. The Balaban J connectivity index is 1.66. The molecule has 0 saturated carbocycles. The largest absolute Gasteiger partial charge is 0.419 e. The monoisotopic (exact) mass is 404 g/mol. The first-order chi connectivity index (χ1) is 13.4. The highest BCUT2D eigenvalue weighted by atomic mass is 35.5. The molecular formula is C19H21ClN4O4. The van der Waals surface area contributed by atoms with Crippen molar-refractivity contribution in [2.24, 2.45) is 0 Å². The number of hydrogen-bond acceptors (Lipinski definition) is 6. The van der Waals surface area contributed by atoms with Crippen molar-refractivity contribution in [3.05, 3.63) is 35.2 Å². The molecule has 0 atom stereocenters. The molecule has 0 unspecified atom stereocenters. The van der Waals surface area contributed by atoms with Gasteiger partial charge in [0.2, 0.25) is 29.5 Å². The van der Waals surface area contributed by atoms with Gasteiger partial charge in [0, 0.05) is 31.8 Å². The molecule has 3 amide bonds. The zero-order chi connectivity index (χ0) is 20.3. The number of likely N-dealkylation sites (tertiary alicyclic amines) is 1. The first kappa shape index (κ1) is 20.0. The van der Waals surface area contributed by atoms with Crippen LogP contribution in [0.4, 0.5) is 0 Å². The van der Waals surface area contributed by atoms with Gasteiger partial charge in [-0.1, -0.05) is 23.7 Å². The van der Waals surface area contributed by atoms with E-state index in [1.807, 2.05) is 19.9 Å². The number of halogens is 1. The number of amides is 3. The first-order valence-electron chi connectivity index (χ1n) is 9.06. The maximum atomic E-state index is 12.7. The van der Waals surface area contributed by atoms with E-state index in [4.69, 9.17) is 16.0 Å². The second-order valence-corrected chi connectivity index (χ2v) is 7.19. The lowest BCUT2D eigenvalue weighted by Crippen LogP contribution is -2.39. The van der Waals surface area contributed by atoms with E-state index in [9.17, 15) is 14.4 Å². The van der Waals surface area contributed by atoms with Crippen LogP contribution in [0.25, 0.3) is 11.5 Å².